The minimum Gasteiger partial charge on any atom is -0.325 e. The first-order valence-electron chi connectivity index (χ1n) is 5.61. The van der Waals surface area contributed by atoms with Crippen molar-refractivity contribution in [2.75, 3.05) is 4.72 Å². The molecule has 0 unspecified atom stereocenters. The summed E-state index contributed by atoms with van der Waals surface area (Å²) in [4.78, 5) is 7.98. The number of sulfonamides is 1. The van der Waals surface area contributed by atoms with Gasteiger partial charge in [0.05, 0.1) is 17.6 Å². The maximum Gasteiger partial charge on any atom is 0.263 e. The molecule has 0 aliphatic rings. The van der Waals surface area contributed by atoms with Crippen LogP contribution in [0.5, 0.6) is 0 Å². The van der Waals surface area contributed by atoms with E-state index in [0.29, 0.717) is 11.4 Å². The molecule has 6 nitrogen and oxygen atoms in total. The summed E-state index contributed by atoms with van der Waals surface area (Å²) < 4.78 is 26.7. The molecule has 2 heterocycles. The molecule has 0 spiro atoms. The normalized spacial score (nSPS) is 11.3. The summed E-state index contributed by atoms with van der Waals surface area (Å²) in [5.41, 5.74) is 7.34. The molecule has 0 bridgehead atoms. The van der Waals surface area contributed by atoms with Crippen LogP contribution in [-0.2, 0) is 16.6 Å². The second-order valence-corrected chi connectivity index (χ2v) is 5.73. The molecule has 2 aromatic rings. The molecular formula is C12H14N4O2S. The highest BCUT2D eigenvalue weighted by molar-refractivity contribution is 7.92. The van der Waals surface area contributed by atoms with Crippen LogP contribution in [0.15, 0.2) is 41.7 Å². The number of nitrogens with one attached hydrogen (secondary N) is 1. The summed E-state index contributed by atoms with van der Waals surface area (Å²) in [5, 5.41) is 0. The Bertz CT molecular complexity index is 668. The van der Waals surface area contributed by atoms with Gasteiger partial charge in [-0.15, -0.1) is 0 Å². The molecule has 19 heavy (non-hydrogen) atoms. The molecule has 0 saturated carbocycles. The van der Waals surface area contributed by atoms with Gasteiger partial charge in [-0.2, -0.15) is 0 Å². The monoisotopic (exact) mass is 278 g/mol. The molecule has 7 heteroatoms. The molecule has 0 amide bonds. The molecule has 0 aliphatic carbocycles. The summed E-state index contributed by atoms with van der Waals surface area (Å²) in [6, 6.07) is 4.76. The minimum atomic E-state index is -3.65. The Morgan fingerprint density at radius 2 is 2.05 bits per heavy atom. The summed E-state index contributed by atoms with van der Waals surface area (Å²) in [6.45, 7) is 2.11. The van der Waals surface area contributed by atoms with Gasteiger partial charge in [-0.3, -0.25) is 14.7 Å². The average Bonchev–Trinajstić information content (AvgIpc) is 2.38. The van der Waals surface area contributed by atoms with Crippen LogP contribution in [-0.4, -0.2) is 18.4 Å². The molecule has 0 aliphatic heterocycles. The molecule has 0 fully saturated rings. The van der Waals surface area contributed by atoms with E-state index in [1.54, 1.807) is 18.3 Å². The van der Waals surface area contributed by atoms with Crippen molar-refractivity contribution in [3.8, 4) is 0 Å². The van der Waals surface area contributed by atoms with Crippen LogP contribution >= 0.6 is 0 Å². The van der Waals surface area contributed by atoms with Crippen molar-refractivity contribution in [3.05, 3.63) is 48.0 Å². The number of nitrogens with two attached hydrogens (primary N) is 1. The zero-order valence-corrected chi connectivity index (χ0v) is 11.2. The fourth-order valence-electron chi connectivity index (χ4n) is 1.52. The van der Waals surface area contributed by atoms with Crippen molar-refractivity contribution < 1.29 is 8.42 Å². The van der Waals surface area contributed by atoms with Gasteiger partial charge in [-0.05, 0) is 30.7 Å². The van der Waals surface area contributed by atoms with E-state index in [4.69, 9.17) is 5.73 Å². The number of hydrogen-bond donors (Lipinski definition) is 2. The van der Waals surface area contributed by atoms with Gasteiger partial charge in [0.25, 0.3) is 10.0 Å². The van der Waals surface area contributed by atoms with Crippen molar-refractivity contribution in [2.45, 2.75) is 18.4 Å². The highest BCUT2D eigenvalue weighted by Gasteiger charge is 2.14. The van der Waals surface area contributed by atoms with Crippen molar-refractivity contribution in [1.82, 2.24) is 9.97 Å². The molecule has 100 valence electrons. The SMILES string of the molecule is Cc1cncc(NS(=O)(=O)c2ccc(CN)nc2)c1. The average molecular weight is 278 g/mol. The Morgan fingerprint density at radius 1 is 1.26 bits per heavy atom. The van der Waals surface area contributed by atoms with Crippen LogP contribution in [0.25, 0.3) is 0 Å². The lowest BCUT2D eigenvalue weighted by Crippen LogP contribution is -2.14. The lowest BCUT2D eigenvalue weighted by Gasteiger charge is -2.08. The van der Waals surface area contributed by atoms with Crippen molar-refractivity contribution >= 4 is 15.7 Å². The first kappa shape index (κ1) is 13.4. The van der Waals surface area contributed by atoms with Gasteiger partial charge in [0.1, 0.15) is 4.90 Å². The van der Waals surface area contributed by atoms with Gasteiger partial charge in [0.15, 0.2) is 0 Å². The number of nitrogens with zero attached hydrogens (tertiary/aromatic N) is 2. The smallest absolute Gasteiger partial charge is 0.263 e. The van der Waals surface area contributed by atoms with E-state index in [0.717, 1.165) is 5.56 Å². The highest BCUT2D eigenvalue weighted by Crippen LogP contribution is 2.15. The predicted molar refractivity (Wildman–Crippen MR) is 71.9 cm³/mol. The lowest BCUT2D eigenvalue weighted by atomic mass is 10.3. The Hall–Kier alpha value is -1.99. The number of pyridine rings is 2. The second kappa shape index (κ2) is 5.33. The number of aryl methyl sites for hydroxylation is 1. The third kappa shape index (κ3) is 3.27. The summed E-state index contributed by atoms with van der Waals surface area (Å²) >= 11 is 0. The number of anilines is 1. The number of hydrogen-bond acceptors (Lipinski definition) is 5. The molecule has 0 saturated heterocycles. The van der Waals surface area contributed by atoms with E-state index in [-0.39, 0.29) is 11.4 Å². The first-order chi connectivity index (χ1) is 9.01. The van der Waals surface area contributed by atoms with E-state index in [2.05, 4.69) is 14.7 Å². The third-order valence-corrected chi connectivity index (χ3v) is 3.81. The standard InChI is InChI=1S/C12H14N4O2S/c1-9-4-11(7-14-6-9)16-19(17,18)12-3-2-10(5-13)15-8-12/h2-4,6-8,16H,5,13H2,1H3. The van der Waals surface area contributed by atoms with Gasteiger partial charge >= 0.3 is 0 Å². The Balaban J connectivity index is 2.27. The predicted octanol–water partition coefficient (Wildman–Crippen LogP) is 1.04. The Kier molecular flexibility index (Phi) is 3.77. The van der Waals surface area contributed by atoms with Gasteiger partial charge in [-0.1, -0.05) is 0 Å². The van der Waals surface area contributed by atoms with Crippen LogP contribution in [0.3, 0.4) is 0 Å². The zero-order valence-electron chi connectivity index (χ0n) is 10.4. The summed E-state index contributed by atoms with van der Waals surface area (Å²) in [5.74, 6) is 0. The molecular weight excluding hydrogens is 264 g/mol. The van der Waals surface area contributed by atoms with Crippen molar-refractivity contribution in [2.24, 2.45) is 5.73 Å². The first-order valence-corrected chi connectivity index (χ1v) is 7.09. The van der Waals surface area contributed by atoms with Gasteiger partial charge in [0, 0.05) is 18.9 Å². The largest absolute Gasteiger partial charge is 0.325 e. The Labute approximate surface area is 111 Å². The Morgan fingerprint density at radius 3 is 2.63 bits per heavy atom. The second-order valence-electron chi connectivity index (χ2n) is 4.05. The van der Waals surface area contributed by atoms with E-state index < -0.39 is 10.0 Å². The molecule has 0 radical (unpaired) electrons. The molecule has 3 N–H and O–H groups in total. The number of aromatic nitrogens is 2. The van der Waals surface area contributed by atoms with Crippen molar-refractivity contribution in [3.63, 3.8) is 0 Å². The van der Waals surface area contributed by atoms with Crippen LogP contribution in [0.1, 0.15) is 11.3 Å². The van der Waals surface area contributed by atoms with E-state index >= 15 is 0 Å². The number of rotatable bonds is 4. The fraction of sp³-hybridized carbons (Fsp3) is 0.167. The van der Waals surface area contributed by atoms with Gasteiger partial charge in [0.2, 0.25) is 0 Å². The van der Waals surface area contributed by atoms with Crippen LogP contribution in [0.4, 0.5) is 5.69 Å². The van der Waals surface area contributed by atoms with E-state index in [1.807, 2.05) is 6.92 Å². The van der Waals surface area contributed by atoms with E-state index in [9.17, 15) is 8.42 Å². The van der Waals surface area contributed by atoms with Crippen LogP contribution in [0, 0.1) is 6.92 Å². The maximum atomic E-state index is 12.1. The van der Waals surface area contributed by atoms with Crippen molar-refractivity contribution in [1.29, 1.82) is 0 Å². The lowest BCUT2D eigenvalue weighted by molar-refractivity contribution is 0.600. The quantitative estimate of drug-likeness (QED) is 0.871. The summed E-state index contributed by atoms with van der Waals surface area (Å²) in [6.07, 6.45) is 4.38. The third-order valence-electron chi connectivity index (χ3n) is 2.44. The van der Waals surface area contributed by atoms with Gasteiger partial charge < -0.3 is 5.73 Å². The zero-order chi connectivity index (χ0) is 13.9. The topological polar surface area (TPSA) is 98.0 Å². The molecule has 2 aromatic heterocycles. The van der Waals surface area contributed by atoms with Crippen LogP contribution in [0.2, 0.25) is 0 Å². The van der Waals surface area contributed by atoms with Crippen LogP contribution < -0.4 is 10.5 Å². The minimum absolute atomic E-state index is 0.0891. The summed E-state index contributed by atoms with van der Waals surface area (Å²) in [7, 11) is -3.65. The molecule has 0 atom stereocenters. The molecule has 2 rings (SSSR count). The maximum absolute atomic E-state index is 12.1. The van der Waals surface area contributed by atoms with Gasteiger partial charge in [-0.25, -0.2) is 8.42 Å². The molecule has 0 aromatic carbocycles. The van der Waals surface area contributed by atoms with E-state index in [1.165, 1.54) is 18.5 Å². The fourth-order valence-corrected chi connectivity index (χ4v) is 2.49. The highest BCUT2D eigenvalue weighted by atomic mass is 32.2.